The van der Waals surface area contributed by atoms with Gasteiger partial charge in [0, 0.05) is 0 Å². The third kappa shape index (κ3) is 4.21. The molecule has 0 fully saturated rings. The molecule has 2 aromatic rings. The van der Waals surface area contributed by atoms with E-state index in [0.717, 1.165) is 12.1 Å². The van der Waals surface area contributed by atoms with Gasteiger partial charge >= 0.3 is 6.18 Å². The second-order valence-electron chi connectivity index (χ2n) is 4.59. The molecule has 0 saturated heterocycles. The highest BCUT2D eigenvalue weighted by molar-refractivity contribution is 7.90. The fourth-order valence-corrected chi connectivity index (χ4v) is 2.41. The Bertz CT molecular complexity index is 870. The minimum Gasteiger partial charge on any atom is -0.271 e. The lowest BCUT2D eigenvalue weighted by Crippen LogP contribution is -2.21. The first-order valence-electron chi connectivity index (χ1n) is 6.12. The summed E-state index contributed by atoms with van der Waals surface area (Å²) in [6.45, 7) is 0. The Morgan fingerprint density at radius 3 is 2.17 bits per heavy atom. The summed E-state index contributed by atoms with van der Waals surface area (Å²) < 4.78 is 61.6. The van der Waals surface area contributed by atoms with Gasteiger partial charge < -0.3 is 0 Å². The molecule has 0 heterocycles. The molecule has 0 unspecified atom stereocenters. The molecule has 0 aliphatic carbocycles. The summed E-state index contributed by atoms with van der Waals surface area (Å²) in [5.41, 5.74) is 0.156. The monoisotopic (exact) mass is 341 g/mol. The predicted molar refractivity (Wildman–Crippen MR) is 78.3 cm³/mol. The summed E-state index contributed by atoms with van der Waals surface area (Å²) in [6.07, 6.45) is -4.44. The minimum atomic E-state index is -4.44. The van der Waals surface area contributed by atoms with Gasteiger partial charge in [-0.3, -0.25) is 4.72 Å². The fraction of sp³-hybridized carbons (Fsp3) is 0.0714. The van der Waals surface area contributed by atoms with Gasteiger partial charge in [0.1, 0.15) is 0 Å². The van der Waals surface area contributed by atoms with Crippen molar-refractivity contribution in [1.29, 1.82) is 5.26 Å². The highest BCUT2D eigenvalue weighted by atomic mass is 32.2. The number of rotatable bonds is 3. The van der Waals surface area contributed by atoms with Gasteiger partial charge in [-0.15, -0.1) is 0 Å². The van der Waals surface area contributed by atoms with Crippen molar-refractivity contribution in [2.75, 3.05) is 4.72 Å². The lowest BCUT2D eigenvalue weighted by atomic mass is 9.99. The Labute approximate surface area is 130 Å². The van der Waals surface area contributed by atoms with E-state index >= 15 is 0 Å². The summed E-state index contributed by atoms with van der Waals surface area (Å²) in [6, 6.07) is 10.2. The standard InChI is InChI=1S/C14H10F3N3O2S/c15-14(16,17)11-3-1-9(2-4-11)13-6-5-12(7-10(13)8-18)20-23(19,21)22/h1-7,20H,(H2,19,21,22). The van der Waals surface area contributed by atoms with Crippen molar-refractivity contribution in [3.05, 3.63) is 53.6 Å². The molecular formula is C14H10F3N3O2S. The van der Waals surface area contributed by atoms with Crippen molar-refractivity contribution in [2.45, 2.75) is 6.18 Å². The van der Waals surface area contributed by atoms with Crippen molar-refractivity contribution >= 4 is 15.9 Å². The van der Waals surface area contributed by atoms with Crippen molar-refractivity contribution in [2.24, 2.45) is 5.14 Å². The van der Waals surface area contributed by atoms with Crippen LogP contribution in [0, 0.1) is 11.3 Å². The van der Waals surface area contributed by atoms with Crippen LogP contribution < -0.4 is 9.86 Å². The van der Waals surface area contributed by atoms with Crippen LogP contribution in [0.5, 0.6) is 0 Å². The van der Waals surface area contributed by atoms with E-state index in [1.54, 1.807) is 0 Å². The summed E-state index contributed by atoms with van der Waals surface area (Å²) >= 11 is 0. The molecule has 0 amide bonds. The van der Waals surface area contributed by atoms with Crippen molar-refractivity contribution < 1.29 is 21.6 Å². The number of benzene rings is 2. The molecule has 0 bridgehead atoms. The maximum atomic E-state index is 12.5. The average Bonchev–Trinajstić information content (AvgIpc) is 2.44. The van der Waals surface area contributed by atoms with Crippen molar-refractivity contribution in [3.63, 3.8) is 0 Å². The van der Waals surface area contributed by atoms with Gasteiger partial charge in [0.25, 0.3) is 10.2 Å². The van der Waals surface area contributed by atoms with E-state index in [1.165, 1.54) is 30.3 Å². The summed E-state index contributed by atoms with van der Waals surface area (Å²) in [5, 5.41) is 14.0. The molecule has 0 atom stereocenters. The van der Waals surface area contributed by atoms with Gasteiger partial charge in [-0.05, 0) is 35.4 Å². The average molecular weight is 341 g/mol. The Balaban J connectivity index is 2.42. The lowest BCUT2D eigenvalue weighted by molar-refractivity contribution is -0.137. The molecule has 0 aliphatic rings. The molecule has 5 nitrogen and oxygen atoms in total. The number of nitrogens with zero attached hydrogens (tertiary/aromatic N) is 1. The second kappa shape index (κ2) is 5.91. The van der Waals surface area contributed by atoms with E-state index in [4.69, 9.17) is 10.4 Å². The zero-order valence-corrected chi connectivity index (χ0v) is 12.2. The Morgan fingerprint density at radius 1 is 1.09 bits per heavy atom. The first-order valence-corrected chi connectivity index (χ1v) is 7.67. The number of nitrogens with two attached hydrogens (primary N) is 1. The molecule has 0 spiro atoms. The number of hydrogen-bond donors (Lipinski definition) is 2. The van der Waals surface area contributed by atoms with Crippen LogP contribution in [-0.4, -0.2) is 8.42 Å². The summed E-state index contributed by atoms with van der Waals surface area (Å²) in [7, 11) is -3.99. The number of alkyl halides is 3. The molecule has 120 valence electrons. The van der Waals surface area contributed by atoms with Gasteiger partial charge in [0.05, 0.1) is 22.9 Å². The van der Waals surface area contributed by atoms with Gasteiger partial charge in [-0.1, -0.05) is 18.2 Å². The summed E-state index contributed by atoms with van der Waals surface area (Å²) in [4.78, 5) is 0. The number of anilines is 1. The first kappa shape index (κ1) is 16.8. The fourth-order valence-electron chi connectivity index (χ4n) is 1.96. The Hall–Kier alpha value is -2.57. The highest BCUT2D eigenvalue weighted by Gasteiger charge is 2.30. The van der Waals surface area contributed by atoms with Gasteiger partial charge in [0.2, 0.25) is 0 Å². The molecule has 0 radical (unpaired) electrons. The normalized spacial score (nSPS) is 11.8. The van der Waals surface area contributed by atoms with E-state index in [-0.39, 0.29) is 11.3 Å². The highest BCUT2D eigenvalue weighted by Crippen LogP contribution is 2.32. The van der Waals surface area contributed by atoms with Crippen LogP contribution in [0.2, 0.25) is 0 Å². The molecule has 3 N–H and O–H groups in total. The van der Waals surface area contributed by atoms with Crippen LogP contribution in [0.25, 0.3) is 11.1 Å². The van der Waals surface area contributed by atoms with Crippen LogP contribution in [0.15, 0.2) is 42.5 Å². The van der Waals surface area contributed by atoms with E-state index in [1.807, 2.05) is 10.8 Å². The number of halogens is 3. The third-order valence-electron chi connectivity index (χ3n) is 2.92. The largest absolute Gasteiger partial charge is 0.416 e. The minimum absolute atomic E-state index is 0.0831. The maximum Gasteiger partial charge on any atom is 0.416 e. The quantitative estimate of drug-likeness (QED) is 0.898. The molecule has 9 heteroatoms. The molecule has 2 aromatic carbocycles. The summed E-state index contributed by atoms with van der Waals surface area (Å²) in [5.74, 6) is 0. The maximum absolute atomic E-state index is 12.5. The van der Waals surface area contributed by atoms with E-state index in [2.05, 4.69) is 0 Å². The number of nitriles is 1. The van der Waals surface area contributed by atoms with Crippen molar-refractivity contribution in [3.8, 4) is 17.2 Å². The zero-order chi connectivity index (χ0) is 17.3. The zero-order valence-electron chi connectivity index (χ0n) is 11.4. The van der Waals surface area contributed by atoms with Crippen LogP contribution in [0.4, 0.5) is 18.9 Å². The first-order chi connectivity index (χ1) is 10.6. The Morgan fingerprint density at radius 2 is 1.70 bits per heavy atom. The van der Waals surface area contributed by atoms with Crippen LogP contribution in [0.1, 0.15) is 11.1 Å². The van der Waals surface area contributed by atoms with Gasteiger partial charge in [-0.2, -0.15) is 26.9 Å². The van der Waals surface area contributed by atoms with Gasteiger partial charge in [-0.25, -0.2) is 5.14 Å². The van der Waals surface area contributed by atoms with E-state index < -0.39 is 21.9 Å². The lowest BCUT2D eigenvalue weighted by Gasteiger charge is -2.10. The predicted octanol–water partition coefficient (Wildman–Crippen LogP) is 2.86. The second-order valence-corrected chi connectivity index (χ2v) is 5.89. The molecule has 0 aromatic heterocycles. The molecule has 0 saturated carbocycles. The van der Waals surface area contributed by atoms with Crippen molar-refractivity contribution in [1.82, 2.24) is 0 Å². The van der Waals surface area contributed by atoms with Crippen LogP contribution in [-0.2, 0) is 16.4 Å². The third-order valence-corrected chi connectivity index (χ3v) is 3.44. The molecular weight excluding hydrogens is 331 g/mol. The molecule has 2 rings (SSSR count). The topological polar surface area (TPSA) is 96.0 Å². The van der Waals surface area contributed by atoms with E-state index in [0.29, 0.717) is 11.1 Å². The molecule has 23 heavy (non-hydrogen) atoms. The number of nitrogens with one attached hydrogen (secondary N) is 1. The smallest absolute Gasteiger partial charge is 0.271 e. The van der Waals surface area contributed by atoms with Gasteiger partial charge in [0.15, 0.2) is 0 Å². The van der Waals surface area contributed by atoms with Crippen LogP contribution >= 0.6 is 0 Å². The van der Waals surface area contributed by atoms with E-state index in [9.17, 15) is 21.6 Å². The SMILES string of the molecule is N#Cc1cc(NS(N)(=O)=O)ccc1-c1ccc(C(F)(F)F)cc1. The Kier molecular flexibility index (Phi) is 4.31. The number of hydrogen-bond acceptors (Lipinski definition) is 3. The molecule has 0 aliphatic heterocycles. The van der Waals surface area contributed by atoms with Crippen LogP contribution in [0.3, 0.4) is 0 Å².